The van der Waals surface area contributed by atoms with Crippen molar-refractivity contribution in [2.45, 2.75) is 30.4 Å². The molecule has 0 bridgehead atoms. The smallest absolute Gasteiger partial charge is 0.271 e. The van der Waals surface area contributed by atoms with Gasteiger partial charge in [0.15, 0.2) is 0 Å². The molecule has 0 radical (unpaired) electrons. The molecule has 0 saturated carbocycles. The summed E-state index contributed by atoms with van der Waals surface area (Å²) in [4.78, 5) is 26.3. The number of nitro groups is 1. The fourth-order valence-electron chi connectivity index (χ4n) is 3.97. The summed E-state index contributed by atoms with van der Waals surface area (Å²) < 4.78 is 27.6. The molecule has 2 aromatic rings. The number of piperidine rings is 1. The molecule has 0 unspecified atom stereocenters. The van der Waals surface area contributed by atoms with Crippen molar-refractivity contribution in [3.8, 4) is 0 Å². The number of hydrogen-bond donors (Lipinski definition) is 0. The van der Waals surface area contributed by atoms with E-state index in [9.17, 15) is 23.3 Å². The standard InChI is InChI=1S/C19H21N3O5S2/c1-13-4-7-18(28-13)29(26,27)20-9-2-3-15(12-20)19(23)21-10-8-14-5-6-16(22(24)25)11-17(14)21/h4-7,11,15H,2-3,8-10,12H2,1H3/t15-/m1/s1. The molecule has 1 fully saturated rings. The van der Waals surface area contributed by atoms with Gasteiger partial charge in [0.25, 0.3) is 15.7 Å². The highest BCUT2D eigenvalue weighted by molar-refractivity contribution is 7.91. The first-order valence-electron chi connectivity index (χ1n) is 9.42. The van der Waals surface area contributed by atoms with Crippen molar-refractivity contribution in [3.63, 3.8) is 0 Å². The van der Waals surface area contributed by atoms with Crippen LogP contribution in [-0.4, -0.2) is 43.2 Å². The molecule has 8 nitrogen and oxygen atoms in total. The van der Waals surface area contributed by atoms with Crippen LogP contribution < -0.4 is 4.90 Å². The molecule has 10 heteroatoms. The van der Waals surface area contributed by atoms with Crippen molar-refractivity contribution in [1.82, 2.24) is 4.31 Å². The number of amides is 1. The van der Waals surface area contributed by atoms with Gasteiger partial charge in [-0.2, -0.15) is 4.31 Å². The molecule has 154 valence electrons. The van der Waals surface area contributed by atoms with E-state index in [2.05, 4.69) is 0 Å². The van der Waals surface area contributed by atoms with E-state index >= 15 is 0 Å². The van der Waals surface area contributed by atoms with Crippen molar-refractivity contribution in [2.24, 2.45) is 5.92 Å². The molecule has 4 rings (SSSR count). The molecule has 0 spiro atoms. The second-order valence-electron chi connectivity index (χ2n) is 7.38. The second kappa shape index (κ2) is 7.51. The van der Waals surface area contributed by atoms with Crippen molar-refractivity contribution in [2.75, 3.05) is 24.5 Å². The Morgan fingerprint density at radius 2 is 2.03 bits per heavy atom. The number of carbonyl (C=O) groups excluding carboxylic acids is 1. The zero-order valence-electron chi connectivity index (χ0n) is 15.9. The number of nitro benzene ring substituents is 1. The monoisotopic (exact) mass is 435 g/mol. The Kier molecular flexibility index (Phi) is 5.18. The second-order valence-corrected chi connectivity index (χ2v) is 10.8. The number of rotatable bonds is 4. The third kappa shape index (κ3) is 3.67. The average molecular weight is 436 g/mol. The third-order valence-corrected chi connectivity index (χ3v) is 8.82. The highest BCUT2D eigenvalue weighted by Gasteiger charge is 2.37. The maximum absolute atomic E-state index is 13.2. The fourth-order valence-corrected chi connectivity index (χ4v) is 6.93. The van der Waals surface area contributed by atoms with Crippen molar-refractivity contribution >= 4 is 38.6 Å². The van der Waals surface area contributed by atoms with E-state index in [1.165, 1.54) is 27.8 Å². The zero-order valence-corrected chi connectivity index (χ0v) is 17.5. The van der Waals surface area contributed by atoms with Gasteiger partial charge in [0.05, 0.1) is 16.5 Å². The van der Waals surface area contributed by atoms with Crippen LogP contribution in [0.5, 0.6) is 0 Å². The summed E-state index contributed by atoms with van der Waals surface area (Å²) in [5.74, 6) is -0.615. The van der Waals surface area contributed by atoms with Crippen LogP contribution in [0.2, 0.25) is 0 Å². The van der Waals surface area contributed by atoms with Crippen LogP contribution in [0.25, 0.3) is 0 Å². The lowest BCUT2D eigenvalue weighted by Gasteiger charge is -2.33. The molecule has 2 aliphatic rings. The van der Waals surface area contributed by atoms with Gasteiger partial charge in [-0.25, -0.2) is 8.42 Å². The molecule has 0 aliphatic carbocycles. The fraction of sp³-hybridized carbons (Fsp3) is 0.421. The molecule has 1 aromatic carbocycles. The largest absolute Gasteiger partial charge is 0.311 e. The zero-order chi connectivity index (χ0) is 20.8. The van der Waals surface area contributed by atoms with Crippen LogP contribution in [-0.2, 0) is 21.2 Å². The molecule has 1 atom stereocenters. The maximum Gasteiger partial charge on any atom is 0.271 e. The average Bonchev–Trinajstić information content (AvgIpc) is 3.33. The summed E-state index contributed by atoms with van der Waals surface area (Å²) in [5, 5.41) is 11.1. The number of sulfonamides is 1. The topological polar surface area (TPSA) is 101 Å². The SMILES string of the molecule is Cc1ccc(S(=O)(=O)N2CCC[C@@H](C(=O)N3CCc4ccc([N+](=O)[O-])cc43)C2)s1. The summed E-state index contributed by atoms with van der Waals surface area (Å²) in [6.45, 7) is 2.85. The summed E-state index contributed by atoms with van der Waals surface area (Å²) >= 11 is 1.23. The van der Waals surface area contributed by atoms with Gasteiger partial charge >= 0.3 is 0 Å². The first-order chi connectivity index (χ1) is 13.8. The third-order valence-electron chi connectivity index (χ3n) is 5.48. The van der Waals surface area contributed by atoms with Crippen LogP contribution in [0, 0.1) is 23.0 Å². The molecule has 1 aromatic heterocycles. The number of benzene rings is 1. The Labute approximate surface area is 172 Å². The normalized spacial score (nSPS) is 19.9. The lowest BCUT2D eigenvalue weighted by atomic mass is 9.98. The van der Waals surface area contributed by atoms with Gasteiger partial charge in [-0.15, -0.1) is 11.3 Å². The molecule has 2 aliphatic heterocycles. The van der Waals surface area contributed by atoms with Gasteiger partial charge in [-0.1, -0.05) is 6.07 Å². The minimum absolute atomic E-state index is 0.0515. The molecular weight excluding hydrogens is 414 g/mol. The number of non-ortho nitro benzene ring substituents is 1. The van der Waals surface area contributed by atoms with E-state index in [4.69, 9.17) is 0 Å². The van der Waals surface area contributed by atoms with Crippen LogP contribution in [0.4, 0.5) is 11.4 Å². The summed E-state index contributed by atoms with van der Waals surface area (Å²) in [7, 11) is -3.62. The van der Waals surface area contributed by atoms with E-state index in [-0.39, 0.29) is 18.1 Å². The van der Waals surface area contributed by atoms with Crippen molar-refractivity contribution in [3.05, 3.63) is 50.9 Å². The summed E-state index contributed by atoms with van der Waals surface area (Å²) in [5.41, 5.74) is 1.42. The van der Waals surface area contributed by atoms with E-state index in [0.29, 0.717) is 42.2 Å². The van der Waals surface area contributed by atoms with Crippen molar-refractivity contribution in [1.29, 1.82) is 0 Å². The first-order valence-corrected chi connectivity index (χ1v) is 11.7. The minimum Gasteiger partial charge on any atom is -0.311 e. The lowest BCUT2D eigenvalue weighted by molar-refractivity contribution is -0.384. The van der Waals surface area contributed by atoms with E-state index in [1.807, 2.05) is 6.92 Å². The van der Waals surface area contributed by atoms with Gasteiger partial charge < -0.3 is 4.90 Å². The van der Waals surface area contributed by atoms with Crippen molar-refractivity contribution < 1.29 is 18.1 Å². The molecule has 1 amide bonds. The molecule has 0 N–H and O–H groups in total. The van der Waals surface area contributed by atoms with Gasteiger partial charge in [0.1, 0.15) is 4.21 Å². The predicted octanol–water partition coefficient (Wildman–Crippen LogP) is 2.95. The van der Waals surface area contributed by atoms with E-state index < -0.39 is 20.9 Å². The van der Waals surface area contributed by atoms with Gasteiger partial charge in [-0.3, -0.25) is 14.9 Å². The Morgan fingerprint density at radius 3 is 2.72 bits per heavy atom. The highest BCUT2D eigenvalue weighted by atomic mass is 32.2. The number of fused-ring (bicyclic) bond motifs is 1. The Balaban J connectivity index is 1.55. The number of nitrogens with zero attached hydrogens (tertiary/aromatic N) is 3. The summed E-state index contributed by atoms with van der Waals surface area (Å²) in [6, 6.07) is 7.96. The highest BCUT2D eigenvalue weighted by Crippen LogP contribution is 2.35. The van der Waals surface area contributed by atoms with Gasteiger partial charge in [0, 0.05) is 36.6 Å². The number of anilines is 1. The molecular formula is C19H21N3O5S2. The minimum atomic E-state index is -3.62. The number of carbonyl (C=O) groups is 1. The van der Waals surface area contributed by atoms with Gasteiger partial charge in [0.2, 0.25) is 5.91 Å². The van der Waals surface area contributed by atoms with Crippen LogP contribution in [0.15, 0.2) is 34.5 Å². The Morgan fingerprint density at radius 1 is 1.24 bits per heavy atom. The molecule has 3 heterocycles. The van der Waals surface area contributed by atoms with Crippen LogP contribution in [0.3, 0.4) is 0 Å². The van der Waals surface area contributed by atoms with E-state index in [0.717, 1.165) is 10.4 Å². The Bertz CT molecular complexity index is 1080. The maximum atomic E-state index is 13.2. The number of aryl methyl sites for hydroxylation is 1. The number of thiophene rings is 1. The quantitative estimate of drug-likeness (QED) is 0.543. The lowest BCUT2D eigenvalue weighted by Crippen LogP contribution is -2.46. The predicted molar refractivity (Wildman–Crippen MR) is 110 cm³/mol. The van der Waals surface area contributed by atoms with E-state index in [1.54, 1.807) is 23.1 Å². The molecule has 1 saturated heterocycles. The summed E-state index contributed by atoms with van der Waals surface area (Å²) in [6.07, 6.45) is 1.85. The first kappa shape index (κ1) is 20.0. The Hall–Kier alpha value is -2.30. The van der Waals surface area contributed by atoms with Crippen LogP contribution >= 0.6 is 11.3 Å². The van der Waals surface area contributed by atoms with Crippen LogP contribution in [0.1, 0.15) is 23.3 Å². The molecule has 29 heavy (non-hydrogen) atoms. The van der Waals surface area contributed by atoms with Gasteiger partial charge in [-0.05, 0) is 43.9 Å². The number of hydrogen-bond acceptors (Lipinski definition) is 6.